The zero-order valence-electron chi connectivity index (χ0n) is 14.3. The molecule has 3 fully saturated rings. The molecule has 1 saturated carbocycles. The maximum atomic E-state index is 4.76. The monoisotopic (exact) mass is 337 g/mol. The van der Waals surface area contributed by atoms with Gasteiger partial charge in [-0.25, -0.2) is 19.9 Å². The molecule has 130 valence electrons. The van der Waals surface area contributed by atoms with Gasteiger partial charge in [0.15, 0.2) is 0 Å². The minimum Gasteiger partial charge on any atom is -0.353 e. The maximum absolute atomic E-state index is 4.76. The topological polar surface area (TPSA) is 61.3 Å². The molecule has 4 heterocycles. The fourth-order valence-electron chi connectivity index (χ4n) is 3.69. The quantitative estimate of drug-likeness (QED) is 0.829. The summed E-state index contributed by atoms with van der Waals surface area (Å²) in [6.07, 6.45) is 8.05. The highest BCUT2D eigenvalue weighted by molar-refractivity contribution is 5.42. The molecule has 0 N–H and O–H groups in total. The Hall–Kier alpha value is -2.28. The summed E-state index contributed by atoms with van der Waals surface area (Å²) in [6.45, 7) is 6.30. The Balaban J connectivity index is 1.15. The Labute approximate surface area is 147 Å². The predicted octanol–water partition coefficient (Wildman–Crippen LogP) is 1.15. The molecule has 0 radical (unpaired) electrons. The van der Waals surface area contributed by atoms with Crippen LogP contribution in [0.5, 0.6) is 0 Å². The molecule has 3 aliphatic rings. The lowest BCUT2D eigenvalue weighted by molar-refractivity contribution is 0.156. The molecule has 2 aliphatic heterocycles. The highest BCUT2D eigenvalue weighted by Crippen LogP contribution is 2.38. The summed E-state index contributed by atoms with van der Waals surface area (Å²) < 4.78 is 0. The summed E-state index contributed by atoms with van der Waals surface area (Å²) in [5, 5.41) is 0. The van der Waals surface area contributed by atoms with Crippen LogP contribution >= 0.6 is 0 Å². The molecular weight excluding hydrogens is 314 g/mol. The minimum atomic E-state index is 0.616. The van der Waals surface area contributed by atoms with Crippen LogP contribution in [0.3, 0.4) is 0 Å². The molecule has 2 aromatic rings. The lowest BCUT2D eigenvalue weighted by Gasteiger charge is -2.48. The molecule has 2 saturated heterocycles. The molecule has 25 heavy (non-hydrogen) atoms. The van der Waals surface area contributed by atoms with Crippen molar-refractivity contribution in [2.45, 2.75) is 24.8 Å². The van der Waals surface area contributed by atoms with Gasteiger partial charge in [-0.2, -0.15) is 0 Å². The van der Waals surface area contributed by atoms with E-state index in [2.05, 4.69) is 29.7 Å². The van der Waals surface area contributed by atoms with Gasteiger partial charge in [-0.15, -0.1) is 0 Å². The van der Waals surface area contributed by atoms with Gasteiger partial charge in [0, 0.05) is 69.8 Å². The summed E-state index contributed by atoms with van der Waals surface area (Å²) in [7, 11) is 0. The standard InChI is InChI=1S/C18H23N7/c1-5-20-18(21-6-1)24-10-8-23(9-11-24)15-12-25(13-15)16-4-7-19-17(22-16)14-2-3-14/h1,4-7,14-15H,2-3,8-13H2. The number of aromatic nitrogens is 4. The van der Waals surface area contributed by atoms with Crippen LogP contribution in [-0.4, -0.2) is 70.1 Å². The van der Waals surface area contributed by atoms with Crippen molar-refractivity contribution < 1.29 is 0 Å². The van der Waals surface area contributed by atoms with Gasteiger partial charge >= 0.3 is 0 Å². The average Bonchev–Trinajstić information content (AvgIpc) is 3.47. The van der Waals surface area contributed by atoms with Crippen molar-refractivity contribution in [3.8, 4) is 0 Å². The molecule has 5 rings (SSSR count). The predicted molar refractivity (Wildman–Crippen MR) is 95.8 cm³/mol. The van der Waals surface area contributed by atoms with Crippen LogP contribution in [0.2, 0.25) is 0 Å². The first-order valence-corrected chi connectivity index (χ1v) is 9.21. The zero-order chi connectivity index (χ0) is 16.6. The fraction of sp³-hybridized carbons (Fsp3) is 0.556. The number of nitrogens with zero attached hydrogens (tertiary/aromatic N) is 7. The number of hydrogen-bond donors (Lipinski definition) is 0. The molecule has 0 aromatic carbocycles. The largest absolute Gasteiger partial charge is 0.353 e. The lowest BCUT2D eigenvalue weighted by atomic mass is 10.1. The summed E-state index contributed by atoms with van der Waals surface area (Å²) in [6, 6.07) is 4.55. The smallest absolute Gasteiger partial charge is 0.225 e. The summed E-state index contributed by atoms with van der Waals surface area (Å²) in [5.41, 5.74) is 0. The van der Waals surface area contributed by atoms with Crippen LogP contribution in [0.15, 0.2) is 30.7 Å². The molecule has 2 aromatic heterocycles. The van der Waals surface area contributed by atoms with Gasteiger partial charge < -0.3 is 9.80 Å². The van der Waals surface area contributed by atoms with Crippen LogP contribution in [-0.2, 0) is 0 Å². The second-order valence-corrected chi connectivity index (χ2v) is 7.18. The third-order valence-corrected chi connectivity index (χ3v) is 5.45. The van der Waals surface area contributed by atoms with Gasteiger partial charge in [0.1, 0.15) is 11.6 Å². The lowest BCUT2D eigenvalue weighted by Crippen LogP contribution is -2.63. The highest BCUT2D eigenvalue weighted by atomic mass is 15.4. The van der Waals surface area contributed by atoms with E-state index < -0.39 is 0 Å². The van der Waals surface area contributed by atoms with E-state index in [-0.39, 0.29) is 0 Å². The molecule has 0 spiro atoms. The fourth-order valence-corrected chi connectivity index (χ4v) is 3.69. The molecule has 0 atom stereocenters. The first-order valence-electron chi connectivity index (χ1n) is 9.21. The van der Waals surface area contributed by atoms with E-state index in [4.69, 9.17) is 4.98 Å². The van der Waals surface area contributed by atoms with Gasteiger partial charge in [-0.1, -0.05) is 0 Å². The SMILES string of the molecule is c1cnc(N2CCN(C3CN(c4ccnc(C5CC5)n4)C3)CC2)nc1. The van der Waals surface area contributed by atoms with Crippen LogP contribution in [0, 0.1) is 0 Å². The number of rotatable bonds is 4. The Morgan fingerprint density at radius 3 is 2.32 bits per heavy atom. The van der Waals surface area contributed by atoms with Crippen LogP contribution < -0.4 is 9.80 Å². The van der Waals surface area contributed by atoms with E-state index in [9.17, 15) is 0 Å². The van der Waals surface area contributed by atoms with Gasteiger partial charge in [0.05, 0.1) is 0 Å². The second-order valence-electron chi connectivity index (χ2n) is 7.18. The number of anilines is 2. The molecule has 7 heteroatoms. The van der Waals surface area contributed by atoms with E-state index in [1.807, 2.05) is 30.7 Å². The highest BCUT2D eigenvalue weighted by Gasteiger charge is 2.35. The molecule has 1 aliphatic carbocycles. The summed E-state index contributed by atoms with van der Waals surface area (Å²) in [5.74, 6) is 3.61. The van der Waals surface area contributed by atoms with Gasteiger partial charge in [0.25, 0.3) is 0 Å². The third-order valence-electron chi connectivity index (χ3n) is 5.45. The van der Waals surface area contributed by atoms with Crippen molar-refractivity contribution in [3.63, 3.8) is 0 Å². The van der Waals surface area contributed by atoms with Crippen molar-refractivity contribution in [2.75, 3.05) is 49.1 Å². The first-order chi connectivity index (χ1) is 12.4. The zero-order valence-corrected chi connectivity index (χ0v) is 14.3. The first kappa shape index (κ1) is 15.0. The van der Waals surface area contributed by atoms with Crippen molar-refractivity contribution in [1.82, 2.24) is 24.8 Å². The Kier molecular flexibility index (Phi) is 3.73. The van der Waals surface area contributed by atoms with Gasteiger partial charge in [0.2, 0.25) is 5.95 Å². The Bertz CT molecular complexity index is 719. The van der Waals surface area contributed by atoms with Crippen molar-refractivity contribution >= 4 is 11.8 Å². The average molecular weight is 337 g/mol. The van der Waals surface area contributed by atoms with Crippen molar-refractivity contribution in [2.24, 2.45) is 0 Å². The molecular formula is C18H23N7. The minimum absolute atomic E-state index is 0.616. The summed E-state index contributed by atoms with van der Waals surface area (Å²) >= 11 is 0. The molecule has 0 unspecified atom stereocenters. The number of hydrogen-bond acceptors (Lipinski definition) is 7. The maximum Gasteiger partial charge on any atom is 0.225 e. The normalized spacial score (nSPS) is 22.1. The van der Waals surface area contributed by atoms with Crippen LogP contribution in [0.4, 0.5) is 11.8 Å². The molecule has 0 amide bonds. The van der Waals surface area contributed by atoms with Crippen molar-refractivity contribution in [1.29, 1.82) is 0 Å². The van der Waals surface area contributed by atoms with Crippen molar-refractivity contribution in [3.05, 3.63) is 36.5 Å². The van der Waals surface area contributed by atoms with Gasteiger partial charge in [-0.3, -0.25) is 4.90 Å². The molecule has 0 bridgehead atoms. The van der Waals surface area contributed by atoms with E-state index in [0.29, 0.717) is 12.0 Å². The summed E-state index contributed by atoms with van der Waals surface area (Å²) in [4.78, 5) is 25.2. The van der Waals surface area contributed by atoms with E-state index in [1.165, 1.54) is 12.8 Å². The second kappa shape index (κ2) is 6.22. The van der Waals surface area contributed by atoms with Crippen LogP contribution in [0.25, 0.3) is 0 Å². The van der Waals surface area contributed by atoms with E-state index in [1.54, 1.807) is 0 Å². The van der Waals surface area contributed by atoms with Crippen LogP contribution in [0.1, 0.15) is 24.6 Å². The van der Waals surface area contributed by atoms with E-state index in [0.717, 1.165) is 56.9 Å². The number of piperazine rings is 1. The van der Waals surface area contributed by atoms with E-state index >= 15 is 0 Å². The third kappa shape index (κ3) is 3.04. The Morgan fingerprint density at radius 1 is 0.840 bits per heavy atom. The van der Waals surface area contributed by atoms with Gasteiger partial charge in [-0.05, 0) is 25.0 Å². The Morgan fingerprint density at radius 2 is 1.60 bits per heavy atom. The molecule has 7 nitrogen and oxygen atoms in total.